The van der Waals surface area contributed by atoms with E-state index >= 15 is 0 Å². The first kappa shape index (κ1) is 19.1. The van der Waals surface area contributed by atoms with Gasteiger partial charge < -0.3 is 25.9 Å². The Balaban J connectivity index is 1.38. The van der Waals surface area contributed by atoms with Crippen LogP contribution in [0.1, 0.15) is 16.8 Å². The van der Waals surface area contributed by atoms with Crippen LogP contribution in [0, 0.1) is 0 Å². The van der Waals surface area contributed by atoms with Crippen molar-refractivity contribution in [3.05, 3.63) is 77.7 Å². The second-order valence-corrected chi connectivity index (χ2v) is 8.10. The molecule has 5 rings (SSSR count). The maximum absolute atomic E-state index is 6.28. The van der Waals surface area contributed by atoms with Crippen LogP contribution in [0.25, 0.3) is 21.8 Å². The number of nitrogen functional groups attached to an aromatic ring is 1. The van der Waals surface area contributed by atoms with Gasteiger partial charge >= 0.3 is 0 Å². The molecule has 0 saturated heterocycles. The molecule has 0 spiro atoms. The lowest BCUT2D eigenvalue weighted by molar-refractivity contribution is 0.398. The number of benzene rings is 2. The Morgan fingerprint density at radius 1 is 1.06 bits per heavy atom. The van der Waals surface area contributed by atoms with Gasteiger partial charge in [-0.25, -0.2) is 4.98 Å². The Morgan fingerprint density at radius 3 is 2.81 bits per heavy atom. The molecular weight excluding hydrogens is 386 g/mol. The molecular formula is C24H25N7. The summed E-state index contributed by atoms with van der Waals surface area (Å²) in [6.45, 7) is 0.848. The molecule has 0 aliphatic heterocycles. The van der Waals surface area contributed by atoms with Crippen molar-refractivity contribution in [1.82, 2.24) is 24.8 Å². The molecule has 0 radical (unpaired) electrons. The molecule has 2 aromatic carbocycles. The molecule has 31 heavy (non-hydrogen) atoms. The summed E-state index contributed by atoms with van der Waals surface area (Å²) in [6, 6.07) is 16.7. The van der Waals surface area contributed by atoms with Crippen molar-refractivity contribution in [2.75, 3.05) is 25.1 Å². The molecule has 0 unspecified atom stereocenters. The fraction of sp³-hybridized carbons (Fsp3) is 0.167. The van der Waals surface area contributed by atoms with E-state index in [0.717, 1.165) is 39.9 Å². The summed E-state index contributed by atoms with van der Waals surface area (Å²) < 4.78 is 0. The lowest BCUT2D eigenvalue weighted by atomic mass is 10.1. The van der Waals surface area contributed by atoms with Crippen LogP contribution in [0.3, 0.4) is 0 Å². The van der Waals surface area contributed by atoms with Gasteiger partial charge in [0.1, 0.15) is 5.82 Å². The summed E-state index contributed by atoms with van der Waals surface area (Å²) in [5.74, 6) is 0.978. The van der Waals surface area contributed by atoms with E-state index in [1.807, 2.05) is 18.3 Å². The van der Waals surface area contributed by atoms with Gasteiger partial charge in [-0.05, 0) is 61.4 Å². The highest BCUT2D eigenvalue weighted by Gasteiger charge is 2.10. The summed E-state index contributed by atoms with van der Waals surface area (Å²) in [4.78, 5) is 17.8. The number of nitrogens with one attached hydrogen (secondary N) is 3. The predicted octanol–water partition coefficient (Wildman–Crippen LogP) is 4.42. The summed E-state index contributed by atoms with van der Waals surface area (Å²) in [5, 5.41) is 5.61. The van der Waals surface area contributed by atoms with E-state index in [9.17, 15) is 0 Å². The molecule has 3 heterocycles. The van der Waals surface area contributed by atoms with Crippen molar-refractivity contribution >= 4 is 39.3 Å². The Kier molecular flexibility index (Phi) is 4.80. The zero-order valence-corrected chi connectivity index (χ0v) is 17.6. The van der Waals surface area contributed by atoms with Gasteiger partial charge in [0, 0.05) is 53.0 Å². The molecule has 0 bridgehead atoms. The van der Waals surface area contributed by atoms with E-state index in [4.69, 9.17) is 5.73 Å². The number of fused-ring (bicyclic) bond motifs is 2. The monoisotopic (exact) mass is 411 g/mol. The highest BCUT2D eigenvalue weighted by molar-refractivity contribution is 5.93. The summed E-state index contributed by atoms with van der Waals surface area (Å²) in [5.41, 5.74) is 12.7. The second-order valence-electron chi connectivity index (χ2n) is 8.10. The second kappa shape index (κ2) is 7.77. The number of aromatic nitrogens is 4. The van der Waals surface area contributed by atoms with Gasteiger partial charge in [0.05, 0.1) is 5.69 Å². The Labute approximate surface area is 180 Å². The number of hydrogen-bond donors (Lipinski definition) is 4. The molecule has 0 fully saturated rings. The molecule has 156 valence electrons. The Hall–Kier alpha value is -3.84. The predicted molar refractivity (Wildman–Crippen MR) is 127 cm³/mol. The summed E-state index contributed by atoms with van der Waals surface area (Å²) >= 11 is 0. The molecule has 5 aromatic rings. The van der Waals surface area contributed by atoms with Gasteiger partial charge in [-0.3, -0.25) is 0 Å². The van der Waals surface area contributed by atoms with Gasteiger partial charge in [0.25, 0.3) is 0 Å². The number of rotatable bonds is 6. The number of nitrogens with two attached hydrogens (primary N) is 1. The lowest BCUT2D eigenvalue weighted by Gasteiger charge is -2.10. The summed E-state index contributed by atoms with van der Waals surface area (Å²) in [6.07, 6.45) is 4.44. The van der Waals surface area contributed by atoms with Crippen LogP contribution in [-0.4, -0.2) is 38.9 Å². The van der Waals surface area contributed by atoms with Gasteiger partial charge in [-0.15, -0.1) is 0 Å². The van der Waals surface area contributed by atoms with Gasteiger partial charge in [0.15, 0.2) is 0 Å². The number of aromatic amines is 2. The molecule has 0 atom stereocenters. The minimum absolute atomic E-state index is 0.487. The topological polar surface area (TPSA) is 98.7 Å². The molecule has 0 aliphatic carbocycles. The van der Waals surface area contributed by atoms with Crippen molar-refractivity contribution < 1.29 is 0 Å². The van der Waals surface area contributed by atoms with Crippen molar-refractivity contribution in [3.8, 4) is 0 Å². The van der Waals surface area contributed by atoms with E-state index in [1.54, 1.807) is 6.20 Å². The van der Waals surface area contributed by atoms with Gasteiger partial charge in [-0.2, -0.15) is 4.98 Å². The van der Waals surface area contributed by atoms with Crippen LogP contribution in [-0.2, 0) is 13.0 Å². The van der Waals surface area contributed by atoms with Crippen LogP contribution in [0.4, 0.5) is 17.5 Å². The first-order valence-corrected chi connectivity index (χ1v) is 10.2. The zero-order valence-electron chi connectivity index (χ0n) is 17.6. The quantitative estimate of drug-likeness (QED) is 0.332. The van der Waals surface area contributed by atoms with E-state index < -0.39 is 0 Å². The third-order valence-corrected chi connectivity index (χ3v) is 5.36. The molecule has 5 N–H and O–H groups in total. The smallest absolute Gasteiger partial charge is 0.229 e. The van der Waals surface area contributed by atoms with Gasteiger partial charge in [-0.1, -0.05) is 12.1 Å². The van der Waals surface area contributed by atoms with E-state index in [2.05, 4.69) is 80.6 Å². The first-order chi connectivity index (χ1) is 15.0. The normalized spacial score (nSPS) is 11.6. The lowest BCUT2D eigenvalue weighted by Crippen LogP contribution is -2.10. The average Bonchev–Trinajstić information content (AvgIpc) is 3.36. The standard InChI is InChI=1S/C24H25N7/c1-31(2)14-18-12-19-21(28-18)4-3-5-22(19)29-24-27-13-17(23(25)30-24)11-15-6-7-20-16(10-15)8-9-26-20/h3-10,12-13,26,28H,11,14H2,1-2H3,(H3,25,27,29,30). The fourth-order valence-electron chi connectivity index (χ4n) is 3.92. The van der Waals surface area contributed by atoms with Crippen LogP contribution in [0.15, 0.2) is 60.9 Å². The molecule has 0 amide bonds. The average molecular weight is 412 g/mol. The summed E-state index contributed by atoms with van der Waals surface area (Å²) in [7, 11) is 4.11. The maximum atomic E-state index is 6.28. The molecule has 0 saturated carbocycles. The Bertz CT molecular complexity index is 1360. The van der Waals surface area contributed by atoms with Crippen molar-refractivity contribution in [2.45, 2.75) is 13.0 Å². The number of anilines is 3. The number of hydrogen-bond acceptors (Lipinski definition) is 5. The van der Waals surface area contributed by atoms with Crippen LogP contribution < -0.4 is 11.1 Å². The van der Waals surface area contributed by atoms with Crippen molar-refractivity contribution in [3.63, 3.8) is 0 Å². The van der Waals surface area contributed by atoms with Crippen molar-refractivity contribution in [2.24, 2.45) is 0 Å². The molecule has 0 aliphatic rings. The third kappa shape index (κ3) is 3.95. The van der Waals surface area contributed by atoms with Crippen LogP contribution in [0.5, 0.6) is 0 Å². The highest BCUT2D eigenvalue weighted by Crippen LogP contribution is 2.27. The molecule has 7 heteroatoms. The van der Waals surface area contributed by atoms with E-state index in [-0.39, 0.29) is 0 Å². The number of H-pyrrole nitrogens is 2. The maximum Gasteiger partial charge on any atom is 0.229 e. The highest BCUT2D eigenvalue weighted by atomic mass is 15.1. The van der Waals surface area contributed by atoms with Crippen LogP contribution in [0.2, 0.25) is 0 Å². The van der Waals surface area contributed by atoms with E-state index in [0.29, 0.717) is 18.2 Å². The van der Waals surface area contributed by atoms with Crippen molar-refractivity contribution in [1.29, 1.82) is 0 Å². The zero-order chi connectivity index (χ0) is 21.4. The Morgan fingerprint density at radius 2 is 1.97 bits per heavy atom. The molecule has 3 aromatic heterocycles. The molecule has 7 nitrogen and oxygen atoms in total. The first-order valence-electron chi connectivity index (χ1n) is 10.2. The third-order valence-electron chi connectivity index (χ3n) is 5.36. The number of nitrogens with zero attached hydrogens (tertiary/aromatic N) is 3. The minimum atomic E-state index is 0.487. The van der Waals surface area contributed by atoms with Gasteiger partial charge in [0.2, 0.25) is 5.95 Å². The largest absolute Gasteiger partial charge is 0.383 e. The van der Waals surface area contributed by atoms with Crippen LogP contribution >= 0.6 is 0 Å². The minimum Gasteiger partial charge on any atom is -0.383 e. The van der Waals surface area contributed by atoms with E-state index in [1.165, 1.54) is 10.9 Å². The fourth-order valence-corrected chi connectivity index (χ4v) is 3.92. The SMILES string of the molecule is CN(C)Cc1cc2c(Nc3ncc(Cc4ccc5[nH]ccc5c4)c(N)n3)cccc2[nH]1.